The summed E-state index contributed by atoms with van der Waals surface area (Å²) in [4.78, 5) is 0. The van der Waals surface area contributed by atoms with Crippen molar-refractivity contribution in [3.63, 3.8) is 0 Å². The largest absolute Gasteiger partial charge is 0.493 e. The maximum Gasteiger partial charge on any atom is 0.160 e. The van der Waals surface area contributed by atoms with Crippen LogP contribution in [0.3, 0.4) is 0 Å². The van der Waals surface area contributed by atoms with Crippen LogP contribution in [0, 0.1) is 0 Å². The highest BCUT2D eigenvalue weighted by molar-refractivity contribution is 5.85. The van der Waals surface area contributed by atoms with Crippen LogP contribution in [0.2, 0.25) is 0 Å². The molecule has 0 aromatic heterocycles. The molecule has 2 rings (SSSR count). The molecule has 0 aliphatic heterocycles. The van der Waals surface area contributed by atoms with Gasteiger partial charge in [-0.15, -0.1) is 12.4 Å². The van der Waals surface area contributed by atoms with E-state index in [4.69, 9.17) is 9.47 Å². The molecule has 90 valence electrons. The molecule has 0 spiro atoms. The molecule has 0 atom stereocenters. The lowest BCUT2D eigenvalue weighted by Gasteiger charge is -2.13. The molecule has 1 aliphatic rings. The first-order valence-corrected chi connectivity index (χ1v) is 5.57. The summed E-state index contributed by atoms with van der Waals surface area (Å²) in [5, 5.41) is 0. The van der Waals surface area contributed by atoms with Crippen molar-refractivity contribution in [2.24, 2.45) is 0 Å². The van der Waals surface area contributed by atoms with Gasteiger partial charge >= 0.3 is 0 Å². The van der Waals surface area contributed by atoms with E-state index in [1.54, 1.807) is 14.2 Å². The molecule has 0 heterocycles. The summed E-state index contributed by atoms with van der Waals surface area (Å²) in [5.41, 5.74) is 1.39. The van der Waals surface area contributed by atoms with Gasteiger partial charge in [0.15, 0.2) is 11.5 Å². The van der Waals surface area contributed by atoms with Crippen LogP contribution in [0.15, 0.2) is 18.2 Å². The number of methoxy groups -OCH3 is 2. The van der Waals surface area contributed by atoms with Crippen molar-refractivity contribution < 1.29 is 9.47 Å². The molecule has 0 saturated heterocycles. The van der Waals surface area contributed by atoms with E-state index < -0.39 is 0 Å². The number of rotatable bonds is 3. The quantitative estimate of drug-likeness (QED) is 0.803. The third-order valence-corrected chi connectivity index (χ3v) is 3.23. The summed E-state index contributed by atoms with van der Waals surface area (Å²) < 4.78 is 10.5. The van der Waals surface area contributed by atoms with Gasteiger partial charge in [0.05, 0.1) is 14.2 Å². The topological polar surface area (TPSA) is 18.5 Å². The molecule has 0 N–H and O–H groups in total. The fourth-order valence-corrected chi connectivity index (χ4v) is 2.37. The van der Waals surface area contributed by atoms with Gasteiger partial charge in [-0.3, -0.25) is 0 Å². The molecular weight excluding hydrogens is 224 g/mol. The Labute approximate surface area is 103 Å². The van der Waals surface area contributed by atoms with Gasteiger partial charge in [-0.1, -0.05) is 18.9 Å². The lowest BCUT2D eigenvalue weighted by molar-refractivity contribution is 0.354. The lowest BCUT2D eigenvalue weighted by Crippen LogP contribution is -1.95. The summed E-state index contributed by atoms with van der Waals surface area (Å²) in [7, 11) is 3.36. The zero-order valence-corrected chi connectivity index (χ0v) is 10.7. The van der Waals surface area contributed by atoms with E-state index in [1.807, 2.05) is 6.07 Å². The van der Waals surface area contributed by atoms with Crippen LogP contribution in [0.25, 0.3) is 0 Å². The van der Waals surface area contributed by atoms with Crippen LogP contribution in [0.4, 0.5) is 0 Å². The number of benzene rings is 1. The minimum Gasteiger partial charge on any atom is -0.493 e. The number of hydrogen-bond donors (Lipinski definition) is 0. The van der Waals surface area contributed by atoms with E-state index in [2.05, 4.69) is 12.1 Å². The normalized spacial score (nSPS) is 15.6. The van der Waals surface area contributed by atoms with E-state index in [9.17, 15) is 0 Å². The number of hydrogen-bond acceptors (Lipinski definition) is 2. The average Bonchev–Trinajstić information content (AvgIpc) is 2.81. The Kier molecular flexibility index (Phi) is 4.94. The van der Waals surface area contributed by atoms with Gasteiger partial charge in [-0.05, 0) is 36.5 Å². The van der Waals surface area contributed by atoms with E-state index >= 15 is 0 Å². The summed E-state index contributed by atoms with van der Waals surface area (Å²) in [6, 6.07) is 6.29. The maximum atomic E-state index is 5.31. The van der Waals surface area contributed by atoms with Gasteiger partial charge in [0.25, 0.3) is 0 Å². The first-order chi connectivity index (χ1) is 7.35. The fraction of sp³-hybridized carbons (Fsp3) is 0.538. The lowest BCUT2D eigenvalue weighted by atomic mass is 9.97. The second-order valence-corrected chi connectivity index (χ2v) is 4.10. The highest BCUT2D eigenvalue weighted by Crippen LogP contribution is 2.37. The van der Waals surface area contributed by atoms with Crippen molar-refractivity contribution in [1.82, 2.24) is 0 Å². The molecule has 1 aliphatic carbocycles. The third kappa shape index (κ3) is 2.62. The monoisotopic (exact) mass is 242 g/mol. The Hall–Kier alpha value is -0.890. The number of halogens is 1. The molecule has 1 aromatic rings. The Balaban J connectivity index is 0.00000128. The fourth-order valence-electron chi connectivity index (χ4n) is 2.37. The van der Waals surface area contributed by atoms with E-state index in [0.29, 0.717) is 0 Å². The molecule has 0 radical (unpaired) electrons. The highest BCUT2D eigenvalue weighted by Gasteiger charge is 2.18. The average molecular weight is 243 g/mol. The van der Waals surface area contributed by atoms with E-state index in [0.717, 1.165) is 17.4 Å². The molecule has 1 fully saturated rings. The Bertz CT molecular complexity index is 333. The second kappa shape index (κ2) is 6.00. The van der Waals surface area contributed by atoms with Crippen molar-refractivity contribution >= 4 is 12.4 Å². The predicted molar refractivity (Wildman–Crippen MR) is 68.0 cm³/mol. The zero-order chi connectivity index (χ0) is 10.7. The first kappa shape index (κ1) is 13.2. The molecule has 2 nitrogen and oxygen atoms in total. The van der Waals surface area contributed by atoms with Crippen molar-refractivity contribution in [3.05, 3.63) is 23.8 Å². The van der Waals surface area contributed by atoms with Crippen LogP contribution in [-0.4, -0.2) is 14.2 Å². The van der Waals surface area contributed by atoms with Gasteiger partial charge < -0.3 is 9.47 Å². The summed E-state index contributed by atoms with van der Waals surface area (Å²) >= 11 is 0. The molecule has 3 heteroatoms. The smallest absolute Gasteiger partial charge is 0.160 e. The summed E-state index contributed by atoms with van der Waals surface area (Å²) in [5.74, 6) is 2.39. The predicted octanol–water partition coefficient (Wildman–Crippen LogP) is 3.78. The minimum absolute atomic E-state index is 0. The van der Waals surface area contributed by atoms with Crippen molar-refractivity contribution in [3.8, 4) is 11.5 Å². The van der Waals surface area contributed by atoms with Gasteiger partial charge in [0, 0.05) is 0 Å². The molecule has 0 unspecified atom stereocenters. The van der Waals surface area contributed by atoms with Crippen LogP contribution in [0.5, 0.6) is 11.5 Å². The summed E-state index contributed by atoms with van der Waals surface area (Å²) in [6.45, 7) is 0. The number of ether oxygens (including phenoxy) is 2. The highest BCUT2D eigenvalue weighted by atomic mass is 35.5. The Morgan fingerprint density at radius 3 is 2.19 bits per heavy atom. The standard InChI is InChI=1S/C13H18O2.ClH/c1-14-12-8-7-11(9-13(12)15-2)10-5-3-4-6-10;/h7-10H,3-6H2,1-2H3;1H. The van der Waals surface area contributed by atoms with Crippen LogP contribution in [-0.2, 0) is 0 Å². The van der Waals surface area contributed by atoms with Crippen LogP contribution < -0.4 is 9.47 Å². The minimum atomic E-state index is 0. The molecular formula is C13H19ClO2. The molecule has 1 aromatic carbocycles. The third-order valence-electron chi connectivity index (χ3n) is 3.23. The zero-order valence-electron chi connectivity index (χ0n) is 9.86. The van der Waals surface area contributed by atoms with Crippen molar-refractivity contribution in [2.75, 3.05) is 14.2 Å². The maximum absolute atomic E-state index is 5.31. The molecule has 0 bridgehead atoms. The molecule has 0 amide bonds. The van der Waals surface area contributed by atoms with E-state index in [-0.39, 0.29) is 12.4 Å². The second-order valence-electron chi connectivity index (χ2n) is 4.10. The van der Waals surface area contributed by atoms with Crippen molar-refractivity contribution in [2.45, 2.75) is 31.6 Å². The van der Waals surface area contributed by atoms with Crippen LogP contribution in [0.1, 0.15) is 37.2 Å². The van der Waals surface area contributed by atoms with Crippen molar-refractivity contribution in [1.29, 1.82) is 0 Å². The summed E-state index contributed by atoms with van der Waals surface area (Å²) in [6.07, 6.45) is 5.35. The first-order valence-electron chi connectivity index (χ1n) is 5.57. The molecule has 16 heavy (non-hydrogen) atoms. The van der Waals surface area contributed by atoms with Gasteiger partial charge in [0.1, 0.15) is 0 Å². The Morgan fingerprint density at radius 2 is 1.62 bits per heavy atom. The van der Waals surface area contributed by atoms with Gasteiger partial charge in [-0.2, -0.15) is 0 Å². The molecule has 1 saturated carbocycles. The van der Waals surface area contributed by atoms with Gasteiger partial charge in [0.2, 0.25) is 0 Å². The SMILES string of the molecule is COc1ccc(C2CCCC2)cc1OC.Cl. The Morgan fingerprint density at radius 1 is 1.00 bits per heavy atom. The van der Waals surface area contributed by atoms with Gasteiger partial charge in [-0.25, -0.2) is 0 Å². The van der Waals surface area contributed by atoms with E-state index in [1.165, 1.54) is 31.2 Å². The van der Waals surface area contributed by atoms with Crippen LogP contribution >= 0.6 is 12.4 Å².